The molecule has 1 aliphatic rings. The maximum atomic E-state index is 10.7. The molecule has 2 N–H and O–H groups in total. The fourth-order valence-corrected chi connectivity index (χ4v) is 1.95. The summed E-state index contributed by atoms with van der Waals surface area (Å²) in [4.78, 5) is 12.9. The average Bonchev–Trinajstić information content (AvgIpc) is 2.08. The molecular weight excluding hydrogens is 182 g/mol. The van der Waals surface area contributed by atoms with Crippen LogP contribution >= 0.6 is 0 Å². The lowest BCUT2D eigenvalue weighted by atomic mass is 9.91. The van der Waals surface area contributed by atoms with E-state index in [0.717, 1.165) is 19.4 Å². The van der Waals surface area contributed by atoms with Gasteiger partial charge in [-0.15, -0.1) is 0 Å². The van der Waals surface area contributed by atoms with Gasteiger partial charge in [-0.25, -0.2) is 4.79 Å². The predicted molar refractivity (Wildman–Crippen MR) is 53.1 cm³/mol. The molecule has 1 fully saturated rings. The Balaban J connectivity index is 2.53. The zero-order valence-electron chi connectivity index (χ0n) is 8.86. The molecule has 14 heavy (non-hydrogen) atoms. The zero-order chi connectivity index (χ0) is 10.8. The number of carboxylic acid groups (broad SMARTS) is 1. The molecule has 0 bridgehead atoms. The minimum Gasteiger partial charge on any atom is -0.479 e. The van der Waals surface area contributed by atoms with Crippen LogP contribution in [0.25, 0.3) is 0 Å². The van der Waals surface area contributed by atoms with E-state index >= 15 is 0 Å². The number of rotatable bonds is 3. The van der Waals surface area contributed by atoms with Crippen molar-refractivity contribution in [1.29, 1.82) is 0 Å². The second kappa shape index (κ2) is 4.28. The third kappa shape index (κ3) is 2.69. The van der Waals surface area contributed by atoms with Crippen LogP contribution in [0.4, 0.5) is 0 Å². The van der Waals surface area contributed by atoms with E-state index in [9.17, 15) is 9.90 Å². The number of piperidine rings is 1. The summed E-state index contributed by atoms with van der Waals surface area (Å²) < 4.78 is 0. The Bertz CT molecular complexity index is 215. The van der Waals surface area contributed by atoms with Gasteiger partial charge < -0.3 is 15.1 Å². The number of aliphatic carboxylic acids is 1. The van der Waals surface area contributed by atoms with Gasteiger partial charge in [0.25, 0.3) is 0 Å². The second-order valence-electron chi connectivity index (χ2n) is 4.41. The van der Waals surface area contributed by atoms with Gasteiger partial charge in [0, 0.05) is 12.5 Å². The fraction of sp³-hybridized carbons (Fsp3) is 0.900. The molecule has 0 aromatic rings. The van der Waals surface area contributed by atoms with Crippen molar-refractivity contribution < 1.29 is 15.0 Å². The molecule has 82 valence electrons. The standard InChI is InChI=1S/C10H19NO3/c1-10(14,9(12)13)7-8-5-3-4-6-11(8)2/h8,14H,3-7H2,1-2H3,(H,12,13). The van der Waals surface area contributed by atoms with Crippen molar-refractivity contribution in [3.63, 3.8) is 0 Å². The van der Waals surface area contributed by atoms with Gasteiger partial charge in [-0.2, -0.15) is 0 Å². The number of aliphatic hydroxyl groups is 1. The summed E-state index contributed by atoms with van der Waals surface area (Å²) in [5, 5.41) is 18.4. The quantitative estimate of drug-likeness (QED) is 0.705. The van der Waals surface area contributed by atoms with E-state index in [1.807, 2.05) is 7.05 Å². The number of carboxylic acids is 1. The van der Waals surface area contributed by atoms with Crippen LogP contribution in [-0.4, -0.2) is 46.3 Å². The minimum absolute atomic E-state index is 0.204. The highest BCUT2D eigenvalue weighted by atomic mass is 16.4. The molecule has 1 rings (SSSR count). The van der Waals surface area contributed by atoms with E-state index in [1.165, 1.54) is 13.3 Å². The van der Waals surface area contributed by atoms with Gasteiger partial charge in [-0.05, 0) is 33.4 Å². The van der Waals surface area contributed by atoms with Crippen LogP contribution in [0, 0.1) is 0 Å². The van der Waals surface area contributed by atoms with Crippen molar-refractivity contribution in [2.45, 2.75) is 44.2 Å². The molecule has 0 aromatic heterocycles. The molecule has 4 nitrogen and oxygen atoms in total. The van der Waals surface area contributed by atoms with Crippen LogP contribution in [0.5, 0.6) is 0 Å². The predicted octanol–water partition coefficient (Wildman–Crippen LogP) is 0.696. The van der Waals surface area contributed by atoms with Crippen molar-refractivity contribution >= 4 is 5.97 Å². The van der Waals surface area contributed by atoms with Crippen LogP contribution < -0.4 is 0 Å². The van der Waals surface area contributed by atoms with Gasteiger partial charge in [-0.3, -0.25) is 0 Å². The van der Waals surface area contributed by atoms with Crippen molar-refractivity contribution in [3.8, 4) is 0 Å². The Morgan fingerprint density at radius 1 is 1.57 bits per heavy atom. The van der Waals surface area contributed by atoms with E-state index in [1.54, 1.807) is 0 Å². The number of nitrogens with zero attached hydrogens (tertiary/aromatic N) is 1. The van der Waals surface area contributed by atoms with Crippen LogP contribution in [-0.2, 0) is 4.79 Å². The highest BCUT2D eigenvalue weighted by molar-refractivity contribution is 5.76. The summed E-state index contributed by atoms with van der Waals surface area (Å²) in [7, 11) is 1.99. The number of likely N-dealkylation sites (tertiary alicyclic amines) is 1. The molecule has 0 radical (unpaired) electrons. The van der Waals surface area contributed by atoms with Crippen LogP contribution in [0.15, 0.2) is 0 Å². The van der Waals surface area contributed by atoms with Crippen LogP contribution in [0.3, 0.4) is 0 Å². The molecule has 1 saturated heterocycles. The Hall–Kier alpha value is -0.610. The van der Waals surface area contributed by atoms with E-state index in [-0.39, 0.29) is 6.04 Å². The van der Waals surface area contributed by atoms with E-state index in [0.29, 0.717) is 6.42 Å². The summed E-state index contributed by atoms with van der Waals surface area (Å²) in [5.74, 6) is -1.13. The van der Waals surface area contributed by atoms with Gasteiger partial charge >= 0.3 is 5.97 Å². The first-order valence-electron chi connectivity index (χ1n) is 5.09. The number of hydrogen-bond acceptors (Lipinski definition) is 3. The largest absolute Gasteiger partial charge is 0.479 e. The van der Waals surface area contributed by atoms with E-state index in [4.69, 9.17) is 5.11 Å². The van der Waals surface area contributed by atoms with Gasteiger partial charge in [0.1, 0.15) is 0 Å². The summed E-state index contributed by atoms with van der Waals surface area (Å²) in [6.45, 7) is 2.37. The van der Waals surface area contributed by atoms with E-state index in [2.05, 4.69) is 4.90 Å². The molecular formula is C10H19NO3. The molecule has 1 heterocycles. The van der Waals surface area contributed by atoms with Crippen molar-refractivity contribution in [2.24, 2.45) is 0 Å². The molecule has 1 aliphatic heterocycles. The van der Waals surface area contributed by atoms with Gasteiger partial charge in [0.05, 0.1) is 0 Å². The first kappa shape index (κ1) is 11.5. The third-order valence-corrected chi connectivity index (χ3v) is 3.02. The lowest BCUT2D eigenvalue weighted by Gasteiger charge is -2.35. The van der Waals surface area contributed by atoms with Gasteiger partial charge in [0.2, 0.25) is 0 Å². The Morgan fingerprint density at radius 2 is 2.21 bits per heavy atom. The number of hydrogen-bond donors (Lipinski definition) is 2. The molecule has 0 amide bonds. The van der Waals surface area contributed by atoms with Crippen molar-refractivity contribution in [3.05, 3.63) is 0 Å². The monoisotopic (exact) mass is 201 g/mol. The highest BCUT2D eigenvalue weighted by Gasteiger charge is 2.35. The zero-order valence-corrected chi connectivity index (χ0v) is 8.86. The molecule has 4 heteroatoms. The van der Waals surface area contributed by atoms with Crippen LogP contribution in [0.2, 0.25) is 0 Å². The minimum atomic E-state index is -1.59. The molecule has 2 atom stereocenters. The van der Waals surface area contributed by atoms with Crippen LogP contribution in [0.1, 0.15) is 32.6 Å². The maximum Gasteiger partial charge on any atom is 0.335 e. The summed E-state index contributed by atoms with van der Waals surface area (Å²) in [5.41, 5.74) is -1.59. The normalized spacial score (nSPS) is 28.4. The lowest BCUT2D eigenvalue weighted by molar-refractivity contribution is -0.158. The highest BCUT2D eigenvalue weighted by Crippen LogP contribution is 2.23. The summed E-state index contributed by atoms with van der Waals surface area (Å²) >= 11 is 0. The Morgan fingerprint density at radius 3 is 2.71 bits per heavy atom. The molecule has 2 unspecified atom stereocenters. The average molecular weight is 201 g/mol. The number of carbonyl (C=O) groups is 1. The third-order valence-electron chi connectivity index (χ3n) is 3.02. The smallest absolute Gasteiger partial charge is 0.335 e. The summed E-state index contributed by atoms with van der Waals surface area (Å²) in [6.07, 6.45) is 3.60. The van der Waals surface area contributed by atoms with Gasteiger partial charge in [0.15, 0.2) is 5.60 Å². The Kier molecular flexibility index (Phi) is 3.50. The molecule has 0 aliphatic carbocycles. The Labute approximate surface area is 84.5 Å². The summed E-state index contributed by atoms with van der Waals surface area (Å²) in [6, 6.07) is 0.204. The fourth-order valence-electron chi connectivity index (χ4n) is 1.95. The maximum absolute atomic E-state index is 10.7. The topological polar surface area (TPSA) is 60.8 Å². The van der Waals surface area contributed by atoms with Gasteiger partial charge in [-0.1, -0.05) is 6.42 Å². The SMILES string of the molecule is CN1CCCCC1CC(C)(O)C(=O)O. The first-order chi connectivity index (χ1) is 6.43. The lowest BCUT2D eigenvalue weighted by Crippen LogP contribution is -2.45. The van der Waals surface area contributed by atoms with Crippen molar-refractivity contribution in [1.82, 2.24) is 4.90 Å². The molecule has 0 aromatic carbocycles. The van der Waals surface area contributed by atoms with Crippen molar-refractivity contribution in [2.75, 3.05) is 13.6 Å². The first-order valence-corrected chi connectivity index (χ1v) is 5.09. The molecule has 0 saturated carbocycles. The molecule has 0 spiro atoms. The van der Waals surface area contributed by atoms with E-state index < -0.39 is 11.6 Å². The second-order valence-corrected chi connectivity index (χ2v) is 4.41.